The molecule has 6 nitrogen and oxygen atoms in total. The van der Waals surface area contributed by atoms with E-state index in [4.69, 9.17) is 9.97 Å². The van der Waals surface area contributed by atoms with Gasteiger partial charge in [0.25, 0.3) is 0 Å². The minimum absolute atomic E-state index is 0.648. The molecular formula is C100H58N6. The third-order valence-electron chi connectivity index (χ3n) is 22.1. The summed E-state index contributed by atoms with van der Waals surface area (Å²) in [7, 11) is 0. The largest absolute Gasteiger partial charge is 0.309 e. The standard InChI is InChI=1S/2C50H29N3/c51-30-31-13-19-42-43-22-18-34(29-48(43)53(47(42)28-31)35-8-2-1-3-9-35)36-25-26-39(38-11-5-4-10-37(36)38)40-20-14-32-17-24-45-41(46-12-6-7-27-52-46)21-15-33-16-23-44(40)49(32)50(33)45;51-29-31-13-20-42-43-23-18-35(28-48(43)53(47(42)27-31)37-9-2-1-3-10-37)36-19-26-46(52-30-36)41-22-15-34-16-24-44-40(21-14-33-17-25-45(41)50(34)49(33)44)39-12-6-8-32-7-4-5-11-38(32)39/h1-29H;1-28,30H. The molecule has 22 rings (SSSR count). The summed E-state index contributed by atoms with van der Waals surface area (Å²) in [5.41, 5.74) is 21.4. The summed E-state index contributed by atoms with van der Waals surface area (Å²) in [5, 5.41) is 44.0. The fourth-order valence-electron chi connectivity index (χ4n) is 17.2. The van der Waals surface area contributed by atoms with Crippen molar-refractivity contribution in [3.63, 3.8) is 0 Å². The first-order valence-corrected chi connectivity index (χ1v) is 35.9. The summed E-state index contributed by atoms with van der Waals surface area (Å²) in [5.74, 6) is 0. The predicted octanol–water partition coefficient (Wildman–Crippen LogP) is 26.2. The Labute approximate surface area is 609 Å². The van der Waals surface area contributed by atoms with Crippen LogP contribution in [0, 0.1) is 22.7 Å². The number of para-hydroxylation sites is 2. The van der Waals surface area contributed by atoms with E-state index in [1.54, 1.807) is 0 Å². The molecule has 0 amide bonds. The van der Waals surface area contributed by atoms with Crippen LogP contribution in [0.3, 0.4) is 0 Å². The molecule has 0 radical (unpaired) electrons. The topological polar surface area (TPSA) is 83.2 Å². The van der Waals surface area contributed by atoms with Crippen molar-refractivity contribution in [3.05, 3.63) is 363 Å². The monoisotopic (exact) mass is 1340 g/mol. The van der Waals surface area contributed by atoms with Gasteiger partial charge in [-0.2, -0.15) is 10.5 Å². The van der Waals surface area contributed by atoms with E-state index in [0.29, 0.717) is 11.1 Å². The fraction of sp³-hybridized carbons (Fsp3) is 0. The van der Waals surface area contributed by atoms with Crippen molar-refractivity contribution < 1.29 is 0 Å². The summed E-state index contributed by atoms with van der Waals surface area (Å²) in [4.78, 5) is 9.80. The molecule has 0 aliphatic heterocycles. The number of pyridine rings is 2. The summed E-state index contributed by atoms with van der Waals surface area (Å²) in [6.45, 7) is 0. The zero-order valence-corrected chi connectivity index (χ0v) is 57.2. The number of fused-ring (bicyclic) bond motifs is 8. The third-order valence-corrected chi connectivity index (χ3v) is 22.1. The van der Waals surface area contributed by atoms with Gasteiger partial charge < -0.3 is 9.13 Å². The molecule has 18 aromatic carbocycles. The molecular weight excluding hydrogens is 1290 g/mol. The van der Waals surface area contributed by atoms with E-state index in [1.807, 2.05) is 54.9 Å². The molecule has 0 atom stereocenters. The molecule has 0 N–H and O–H groups in total. The molecule has 0 saturated carbocycles. The van der Waals surface area contributed by atoms with Gasteiger partial charge in [0, 0.05) is 62.0 Å². The lowest BCUT2D eigenvalue weighted by Gasteiger charge is -2.18. The van der Waals surface area contributed by atoms with Crippen molar-refractivity contribution in [1.82, 2.24) is 19.1 Å². The Morgan fingerprint density at radius 1 is 0.226 bits per heavy atom. The maximum atomic E-state index is 9.75. The van der Waals surface area contributed by atoms with Gasteiger partial charge in [-0.05, 0) is 204 Å². The van der Waals surface area contributed by atoms with Gasteiger partial charge in [0.2, 0.25) is 0 Å². The Kier molecular flexibility index (Phi) is 13.7. The first-order chi connectivity index (χ1) is 52.5. The van der Waals surface area contributed by atoms with E-state index in [2.05, 4.69) is 319 Å². The molecule has 0 bridgehead atoms. The van der Waals surface area contributed by atoms with Gasteiger partial charge in [0.05, 0.1) is 56.7 Å². The zero-order valence-electron chi connectivity index (χ0n) is 57.2. The summed E-state index contributed by atoms with van der Waals surface area (Å²) in [6.07, 6.45) is 3.86. The molecule has 4 aromatic heterocycles. The number of hydrogen-bond donors (Lipinski definition) is 0. The highest BCUT2D eigenvalue weighted by atomic mass is 15.0. The highest BCUT2D eigenvalue weighted by Gasteiger charge is 2.22. The third kappa shape index (κ3) is 9.43. The van der Waals surface area contributed by atoms with E-state index >= 15 is 0 Å². The minimum Gasteiger partial charge on any atom is -0.309 e. The molecule has 0 saturated heterocycles. The molecule has 0 spiro atoms. The quantitative estimate of drug-likeness (QED) is 0.142. The summed E-state index contributed by atoms with van der Waals surface area (Å²) in [6, 6.07) is 126. The van der Waals surface area contributed by atoms with Crippen LogP contribution in [0.5, 0.6) is 0 Å². The van der Waals surface area contributed by atoms with Gasteiger partial charge in [-0.3, -0.25) is 9.97 Å². The van der Waals surface area contributed by atoms with Crippen LogP contribution >= 0.6 is 0 Å². The van der Waals surface area contributed by atoms with Crippen LogP contribution in [0.4, 0.5) is 0 Å². The molecule has 4 heterocycles. The Morgan fingerprint density at radius 3 is 1.12 bits per heavy atom. The van der Waals surface area contributed by atoms with Gasteiger partial charge in [-0.1, -0.05) is 261 Å². The fourth-order valence-corrected chi connectivity index (χ4v) is 17.2. The van der Waals surface area contributed by atoms with Crippen LogP contribution in [0.1, 0.15) is 11.1 Å². The Morgan fingerprint density at radius 2 is 0.604 bits per heavy atom. The first-order valence-electron chi connectivity index (χ1n) is 35.9. The highest BCUT2D eigenvalue weighted by molar-refractivity contribution is 6.30. The number of aromatic nitrogens is 4. The second-order valence-electron chi connectivity index (χ2n) is 27.7. The van der Waals surface area contributed by atoms with E-state index in [9.17, 15) is 10.5 Å². The number of nitrogens with zero attached hydrogens (tertiary/aromatic N) is 6. The van der Waals surface area contributed by atoms with Crippen molar-refractivity contribution in [2.24, 2.45) is 0 Å². The molecule has 106 heavy (non-hydrogen) atoms. The van der Waals surface area contributed by atoms with E-state index in [1.165, 1.54) is 114 Å². The second-order valence-corrected chi connectivity index (χ2v) is 27.7. The number of hydrogen-bond acceptors (Lipinski definition) is 4. The van der Waals surface area contributed by atoms with Crippen LogP contribution in [0.25, 0.3) is 208 Å². The molecule has 22 aromatic rings. The van der Waals surface area contributed by atoms with E-state index in [0.717, 1.165) is 94.2 Å². The number of rotatable bonds is 8. The molecule has 0 fully saturated rings. The van der Waals surface area contributed by atoms with Crippen molar-refractivity contribution in [2.75, 3.05) is 0 Å². The lowest BCUT2D eigenvalue weighted by molar-refractivity contribution is 1.18. The average Bonchev–Trinajstić information content (AvgIpc) is 0.969. The minimum atomic E-state index is 0.648. The maximum Gasteiger partial charge on any atom is 0.0992 e. The van der Waals surface area contributed by atoms with E-state index < -0.39 is 0 Å². The normalized spacial score (nSPS) is 11.8. The van der Waals surface area contributed by atoms with Crippen LogP contribution in [0.15, 0.2) is 352 Å². The van der Waals surface area contributed by atoms with Crippen LogP contribution in [-0.4, -0.2) is 19.1 Å². The summed E-state index contributed by atoms with van der Waals surface area (Å²) < 4.78 is 4.54. The van der Waals surface area contributed by atoms with Gasteiger partial charge in [0.15, 0.2) is 0 Å². The van der Waals surface area contributed by atoms with Crippen molar-refractivity contribution in [3.8, 4) is 90.5 Å². The van der Waals surface area contributed by atoms with Crippen molar-refractivity contribution in [1.29, 1.82) is 10.5 Å². The molecule has 0 aliphatic rings. The molecule has 0 aliphatic carbocycles. The lowest BCUT2D eigenvalue weighted by Crippen LogP contribution is -1.94. The highest BCUT2D eigenvalue weighted by Crippen LogP contribution is 2.48. The molecule has 0 unspecified atom stereocenters. The molecule has 488 valence electrons. The lowest BCUT2D eigenvalue weighted by atomic mass is 9.86. The SMILES string of the molecule is N#Cc1ccc2c3ccc(-c4ccc(-c5ccc6ccc7c(-c8cccc9ccccc89)ccc8ccc5c6c87)nc4)cc3n(-c3ccccc3)c2c1.N#Cc1ccc2c3ccc(-c4ccc(-c5ccc6ccc7c(-c8ccccn8)ccc8ccc5c6c87)c5ccccc45)cc3n(-c3ccccc3)c2c1. The second kappa shape index (κ2) is 24.1. The predicted molar refractivity (Wildman–Crippen MR) is 442 cm³/mol. The number of nitriles is 2. The Bertz CT molecular complexity index is 7440. The number of benzene rings is 18. The Balaban J connectivity index is 0.000000136. The molecule has 6 heteroatoms. The van der Waals surface area contributed by atoms with Crippen molar-refractivity contribution in [2.45, 2.75) is 0 Å². The van der Waals surface area contributed by atoms with Gasteiger partial charge in [0.1, 0.15) is 0 Å². The zero-order chi connectivity index (χ0) is 70.1. The summed E-state index contributed by atoms with van der Waals surface area (Å²) >= 11 is 0. The smallest absolute Gasteiger partial charge is 0.0992 e. The van der Waals surface area contributed by atoms with Gasteiger partial charge in [-0.15, -0.1) is 0 Å². The first kappa shape index (κ1) is 60.2. The van der Waals surface area contributed by atoms with Crippen LogP contribution in [0.2, 0.25) is 0 Å². The van der Waals surface area contributed by atoms with Crippen LogP contribution in [-0.2, 0) is 0 Å². The van der Waals surface area contributed by atoms with Crippen LogP contribution < -0.4 is 0 Å². The maximum absolute atomic E-state index is 9.75. The van der Waals surface area contributed by atoms with Gasteiger partial charge in [-0.25, -0.2) is 0 Å². The Hall–Kier alpha value is -14.6. The van der Waals surface area contributed by atoms with E-state index in [-0.39, 0.29) is 0 Å². The average molecular weight is 1340 g/mol. The van der Waals surface area contributed by atoms with Gasteiger partial charge >= 0.3 is 0 Å². The van der Waals surface area contributed by atoms with Crippen molar-refractivity contribution >= 4 is 130 Å².